The van der Waals surface area contributed by atoms with Gasteiger partial charge in [-0.3, -0.25) is 9.59 Å². The van der Waals surface area contributed by atoms with Gasteiger partial charge in [0.15, 0.2) is 5.82 Å². The third-order valence-electron chi connectivity index (χ3n) is 7.15. The van der Waals surface area contributed by atoms with Gasteiger partial charge >= 0.3 is 0 Å². The number of aryl methyl sites for hydroxylation is 2. The van der Waals surface area contributed by atoms with Crippen molar-refractivity contribution in [3.8, 4) is 5.69 Å². The summed E-state index contributed by atoms with van der Waals surface area (Å²) >= 11 is 0. The first-order valence-electron chi connectivity index (χ1n) is 12.6. The number of carbonyl (C=O) groups is 2. The van der Waals surface area contributed by atoms with Gasteiger partial charge in [0, 0.05) is 39.1 Å². The molecule has 35 heavy (non-hydrogen) atoms. The van der Waals surface area contributed by atoms with Crippen molar-refractivity contribution in [1.82, 2.24) is 30.2 Å². The number of para-hydroxylation sites is 1. The second-order valence-electron chi connectivity index (χ2n) is 9.58. The van der Waals surface area contributed by atoms with E-state index in [-0.39, 0.29) is 17.7 Å². The van der Waals surface area contributed by atoms with Crippen LogP contribution in [0.1, 0.15) is 43.5 Å². The lowest BCUT2D eigenvalue weighted by Crippen LogP contribution is -2.44. The molecule has 3 aromatic rings. The Hall–Kier alpha value is -3.49. The molecule has 2 fully saturated rings. The number of nitrogens with zero attached hydrogens (tertiary/aromatic N) is 6. The number of benzene rings is 1. The van der Waals surface area contributed by atoms with Gasteiger partial charge in [-0.05, 0) is 51.7 Å². The Kier molecular flexibility index (Phi) is 6.66. The molecule has 2 aromatic heterocycles. The first-order chi connectivity index (χ1) is 17.0. The molecule has 2 amide bonds. The Labute approximate surface area is 205 Å². The van der Waals surface area contributed by atoms with Gasteiger partial charge in [-0.2, -0.15) is 10.2 Å². The average molecular weight is 476 g/mol. The lowest BCUT2D eigenvalue weighted by atomic mass is 9.97. The summed E-state index contributed by atoms with van der Waals surface area (Å²) in [4.78, 5) is 28.7. The van der Waals surface area contributed by atoms with Crippen molar-refractivity contribution in [1.29, 1.82) is 0 Å². The molecular weight excluding hydrogens is 442 g/mol. The molecule has 0 saturated carbocycles. The van der Waals surface area contributed by atoms with Gasteiger partial charge in [0.1, 0.15) is 5.52 Å². The van der Waals surface area contributed by atoms with Crippen LogP contribution in [0.5, 0.6) is 0 Å². The van der Waals surface area contributed by atoms with Crippen molar-refractivity contribution in [3.63, 3.8) is 0 Å². The highest BCUT2D eigenvalue weighted by Crippen LogP contribution is 2.31. The highest BCUT2D eigenvalue weighted by Gasteiger charge is 2.29. The Bertz CT molecular complexity index is 1220. The highest BCUT2D eigenvalue weighted by molar-refractivity contribution is 5.92. The normalized spacial score (nSPS) is 18.5. The van der Waals surface area contributed by atoms with Crippen LogP contribution in [0.2, 0.25) is 0 Å². The fourth-order valence-electron chi connectivity index (χ4n) is 5.30. The molecule has 0 radical (unpaired) electrons. The van der Waals surface area contributed by atoms with Crippen molar-refractivity contribution in [2.45, 2.75) is 46.0 Å². The summed E-state index contributed by atoms with van der Waals surface area (Å²) in [6.45, 7) is 7.60. The first kappa shape index (κ1) is 23.3. The van der Waals surface area contributed by atoms with Crippen molar-refractivity contribution < 1.29 is 9.59 Å². The second-order valence-corrected chi connectivity index (χ2v) is 9.58. The van der Waals surface area contributed by atoms with E-state index in [4.69, 9.17) is 5.10 Å². The molecule has 0 aliphatic carbocycles. The fraction of sp³-hybridized carbons (Fsp3) is 0.500. The van der Waals surface area contributed by atoms with E-state index in [0.29, 0.717) is 19.5 Å². The smallest absolute Gasteiger partial charge is 0.224 e. The standard InChI is InChI=1S/C26H33N7O2/c1-18-23-19(2)33(21-10-4-3-5-11-21)30-24(23)25(29-28-18)32-15-6-9-20(17-32)26(35)27-13-8-16-31-14-7-12-22(31)34/h3-5,10-11,20H,6-9,12-17H2,1-2H3,(H,27,35)/t20-/m1/s1. The number of hydrogen-bond acceptors (Lipinski definition) is 6. The van der Waals surface area contributed by atoms with Crippen molar-refractivity contribution in [2.75, 3.05) is 37.6 Å². The SMILES string of the molecule is Cc1nnc(N2CCC[C@@H](C(=O)NCCCN3CCCC3=O)C2)c2nn(-c3ccccc3)c(C)c12. The topological polar surface area (TPSA) is 96.2 Å². The molecule has 1 aromatic carbocycles. The Balaban J connectivity index is 1.29. The van der Waals surface area contributed by atoms with Crippen LogP contribution >= 0.6 is 0 Å². The van der Waals surface area contributed by atoms with E-state index >= 15 is 0 Å². The Morgan fingerprint density at radius 1 is 1.11 bits per heavy atom. The Morgan fingerprint density at radius 3 is 2.71 bits per heavy atom. The molecule has 5 rings (SSSR count). The summed E-state index contributed by atoms with van der Waals surface area (Å²) in [5.74, 6) is 0.945. The highest BCUT2D eigenvalue weighted by atomic mass is 16.2. The summed E-state index contributed by atoms with van der Waals surface area (Å²) in [5.41, 5.74) is 3.71. The minimum Gasteiger partial charge on any atom is -0.356 e. The lowest BCUT2D eigenvalue weighted by Gasteiger charge is -2.32. The number of likely N-dealkylation sites (tertiary alicyclic amines) is 1. The maximum Gasteiger partial charge on any atom is 0.224 e. The number of piperidine rings is 1. The molecule has 1 N–H and O–H groups in total. The predicted molar refractivity (Wildman–Crippen MR) is 135 cm³/mol. The maximum absolute atomic E-state index is 12.9. The van der Waals surface area contributed by atoms with Crippen LogP contribution in [0.25, 0.3) is 16.6 Å². The van der Waals surface area contributed by atoms with Crippen molar-refractivity contribution in [3.05, 3.63) is 41.7 Å². The quantitative estimate of drug-likeness (QED) is 0.528. The number of fused-ring (bicyclic) bond motifs is 1. The molecule has 2 aliphatic rings. The van der Waals surface area contributed by atoms with Gasteiger partial charge in [0.05, 0.1) is 28.4 Å². The zero-order valence-corrected chi connectivity index (χ0v) is 20.5. The van der Waals surface area contributed by atoms with Gasteiger partial charge in [0.2, 0.25) is 11.8 Å². The van der Waals surface area contributed by atoms with Crippen LogP contribution < -0.4 is 10.2 Å². The molecule has 0 bridgehead atoms. The summed E-state index contributed by atoms with van der Waals surface area (Å²) in [6, 6.07) is 10.1. The average Bonchev–Trinajstić information content (AvgIpc) is 3.45. The Morgan fingerprint density at radius 2 is 1.94 bits per heavy atom. The monoisotopic (exact) mass is 475 g/mol. The molecular formula is C26H33N7O2. The van der Waals surface area contributed by atoms with Gasteiger partial charge in [-0.15, -0.1) is 5.10 Å². The van der Waals surface area contributed by atoms with Gasteiger partial charge in [0.25, 0.3) is 0 Å². The van der Waals surface area contributed by atoms with E-state index in [1.165, 1.54) is 0 Å². The largest absolute Gasteiger partial charge is 0.356 e. The third-order valence-corrected chi connectivity index (χ3v) is 7.15. The number of nitrogens with one attached hydrogen (secondary N) is 1. The van der Waals surface area contributed by atoms with E-state index in [9.17, 15) is 9.59 Å². The van der Waals surface area contributed by atoms with E-state index in [2.05, 4.69) is 27.3 Å². The van der Waals surface area contributed by atoms with E-state index in [1.54, 1.807) is 0 Å². The van der Waals surface area contributed by atoms with Gasteiger partial charge in [-0.1, -0.05) is 18.2 Å². The summed E-state index contributed by atoms with van der Waals surface area (Å²) < 4.78 is 1.95. The zero-order valence-electron chi connectivity index (χ0n) is 20.5. The van der Waals surface area contributed by atoms with Crippen LogP contribution in [0.15, 0.2) is 30.3 Å². The second kappa shape index (κ2) is 10.0. The summed E-state index contributed by atoms with van der Waals surface area (Å²) in [5, 5.41) is 18.0. The van der Waals surface area contributed by atoms with Gasteiger partial charge in [-0.25, -0.2) is 4.68 Å². The molecule has 0 spiro atoms. The number of hydrogen-bond donors (Lipinski definition) is 1. The van der Waals surface area contributed by atoms with Crippen molar-refractivity contribution >= 4 is 28.5 Å². The third kappa shape index (κ3) is 4.72. The minimum atomic E-state index is -0.104. The summed E-state index contributed by atoms with van der Waals surface area (Å²) in [6.07, 6.45) is 4.15. The van der Waals surface area contributed by atoms with E-state index in [1.807, 2.05) is 46.8 Å². The molecule has 2 saturated heterocycles. The van der Waals surface area contributed by atoms with Crippen LogP contribution in [0.3, 0.4) is 0 Å². The maximum atomic E-state index is 12.9. The molecule has 9 nitrogen and oxygen atoms in total. The van der Waals surface area contributed by atoms with Gasteiger partial charge < -0.3 is 15.1 Å². The molecule has 184 valence electrons. The molecule has 4 heterocycles. The first-order valence-corrected chi connectivity index (χ1v) is 12.6. The number of aromatic nitrogens is 4. The van der Waals surface area contributed by atoms with Crippen LogP contribution in [0, 0.1) is 19.8 Å². The molecule has 2 aliphatic heterocycles. The fourth-order valence-corrected chi connectivity index (χ4v) is 5.30. The van der Waals surface area contributed by atoms with Crippen LogP contribution in [0.4, 0.5) is 5.82 Å². The minimum absolute atomic E-state index is 0.0739. The number of amides is 2. The zero-order chi connectivity index (χ0) is 24.4. The van der Waals surface area contributed by atoms with Crippen molar-refractivity contribution in [2.24, 2.45) is 5.92 Å². The molecule has 1 atom stereocenters. The molecule has 0 unspecified atom stereocenters. The molecule has 9 heteroatoms. The summed E-state index contributed by atoms with van der Waals surface area (Å²) in [7, 11) is 0. The number of rotatable bonds is 7. The lowest BCUT2D eigenvalue weighted by molar-refractivity contribution is -0.127. The number of anilines is 1. The van der Waals surface area contributed by atoms with E-state index in [0.717, 1.165) is 79.1 Å². The number of carbonyl (C=O) groups excluding carboxylic acids is 2. The predicted octanol–water partition coefficient (Wildman–Crippen LogP) is 2.78. The van der Waals surface area contributed by atoms with E-state index < -0.39 is 0 Å². The van der Waals surface area contributed by atoms with Crippen LogP contribution in [-0.4, -0.2) is 69.4 Å². The van der Waals surface area contributed by atoms with Crippen LogP contribution in [-0.2, 0) is 9.59 Å².